The van der Waals surface area contributed by atoms with Gasteiger partial charge in [-0.05, 0) is 12.1 Å². The van der Waals surface area contributed by atoms with Crippen molar-refractivity contribution in [2.75, 3.05) is 7.11 Å². The van der Waals surface area contributed by atoms with Crippen LogP contribution in [0.4, 0.5) is 0 Å². The number of methoxy groups -OCH3 is 1. The summed E-state index contributed by atoms with van der Waals surface area (Å²) in [6.45, 7) is 0. The molecule has 1 rings (SSSR count). The normalized spacial score (nSPS) is 11.5. The third-order valence-corrected chi connectivity index (χ3v) is 1.97. The van der Waals surface area contributed by atoms with E-state index in [1.54, 1.807) is 24.3 Å². The molecule has 1 N–H and O–H groups in total. The van der Waals surface area contributed by atoms with E-state index in [4.69, 9.17) is 9.29 Å². The summed E-state index contributed by atoms with van der Waals surface area (Å²) in [5, 5.41) is 0. The molecule has 1 atom stereocenters. The molecule has 62 valence electrons. The average Bonchev–Trinajstić information content (AvgIpc) is 2.04. The van der Waals surface area contributed by atoms with E-state index in [1.165, 1.54) is 7.11 Å². The SMILES string of the molecule is COc1ccccc1S(=O)O.[NaH]. The Bertz CT molecular complexity index is 277. The van der Waals surface area contributed by atoms with Crippen LogP contribution in [0.5, 0.6) is 5.75 Å². The predicted octanol–water partition coefficient (Wildman–Crippen LogP) is 0.627. The Labute approximate surface area is 95.7 Å². The molecule has 5 heteroatoms. The van der Waals surface area contributed by atoms with Crippen LogP contribution in [0.25, 0.3) is 0 Å². The van der Waals surface area contributed by atoms with E-state index in [1.807, 2.05) is 0 Å². The second-order valence-electron chi connectivity index (χ2n) is 1.90. The summed E-state index contributed by atoms with van der Waals surface area (Å²) in [5.74, 6) is 0.438. The van der Waals surface area contributed by atoms with Crippen LogP contribution in [0.15, 0.2) is 29.2 Å². The Kier molecular flexibility index (Phi) is 5.78. The molecule has 0 amide bonds. The molecule has 0 saturated heterocycles. The Morgan fingerprint density at radius 2 is 2.00 bits per heavy atom. The van der Waals surface area contributed by atoms with Crippen molar-refractivity contribution >= 4 is 40.6 Å². The van der Waals surface area contributed by atoms with Crippen molar-refractivity contribution in [1.29, 1.82) is 0 Å². The minimum atomic E-state index is -1.97. The van der Waals surface area contributed by atoms with Crippen molar-refractivity contribution in [3.63, 3.8) is 0 Å². The van der Waals surface area contributed by atoms with Gasteiger partial charge in [-0.1, -0.05) is 12.1 Å². The molecular weight excluding hydrogens is 187 g/mol. The standard InChI is InChI=1S/C7H8O3S.Na.H/c1-10-6-4-2-3-5-7(6)11(8)9;;/h2-5H,1H3,(H,8,9);;. The number of hydrogen-bond donors (Lipinski definition) is 1. The molecule has 0 aliphatic carbocycles. The number of benzene rings is 1. The van der Waals surface area contributed by atoms with E-state index < -0.39 is 11.1 Å². The van der Waals surface area contributed by atoms with Gasteiger partial charge in [0.05, 0.1) is 7.11 Å². The second-order valence-corrected chi connectivity index (χ2v) is 2.84. The van der Waals surface area contributed by atoms with Crippen LogP contribution in [-0.2, 0) is 11.1 Å². The van der Waals surface area contributed by atoms with E-state index >= 15 is 0 Å². The zero-order valence-electron chi connectivity index (χ0n) is 5.98. The first-order valence-corrected chi connectivity index (χ1v) is 4.10. The van der Waals surface area contributed by atoms with Crippen LogP contribution in [0.3, 0.4) is 0 Å². The van der Waals surface area contributed by atoms with Crippen LogP contribution in [0.2, 0.25) is 0 Å². The summed E-state index contributed by atoms with van der Waals surface area (Å²) in [4.78, 5) is 0.301. The topological polar surface area (TPSA) is 46.5 Å². The Hall–Kier alpha value is 0.130. The maximum absolute atomic E-state index is 10.6. The first kappa shape index (κ1) is 12.1. The molecule has 0 saturated carbocycles. The number of para-hydroxylation sites is 1. The molecule has 0 aliphatic rings. The van der Waals surface area contributed by atoms with Gasteiger partial charge in [0.2, 0.25) is 0 Å². The molecule has 0 bridgehead atoms. The fourth-order valence-electron chi connectivity index (χ4n) is 0.763. The second kappa shape index (κ2) is 5.72. The number of hydrogen-bond acceptors (Lipinski definition) is 2. The fraction of sp³-hybridized carbons (Fsp3) is 0.143. The van der Waals surface area contributed by atoms with Gasteiger partial charge in [0.1, 0.15) is 10.6 Å². The summed E-state index contributed by atoms with van der Waals surface area (Å²) in [6, 6.07) is 6.62. The van der Waals surface area contributed by atoms with Crippen LogP contribution in [-0.4, -0.2) is 45.4 Å². The van der Waals surface area contributed by atoms with Crippen molar-refractivity contribution in [2.45, 2.75) is 4.90 Å². The maximum atomic E-state index is 10.6. The van der Waals surface area contributed by atoms with E-state index in [9.17, 15) is 4.21 Å². The zero-order chi connectivity index (χ0) is 8.27. The van der Waals surface area contributed by atoms with Crippen LogP contribution >= 0.6 is 0 Å². The summed E-state index contributed by atoms with van der Waals surface area (Å²) in [5.41, 5.74) is 0. The first-order valence-electron chi connectivity index (χ1n) is 2.99. The monoisotopic (exact) mass is 196 g/mol. The molecule has 3 nitrogen and oxygen atoms in total. The van der Waals surface area contributed by atoms with Gasteiger partial charge in [-0.25, -0.2) is 4.21 Å². The molecule has 12 heavy (non-hydrogen) atoms. The Morgan fingerprint density at radius 1 is 1.42 bits per heavy atom. The molecule has 1 unspecified atom stereocenters. The quantitative estimate of drug-likeness (QED) is 0.557. The van der Waals surface area contributed by atoms with Gasteiger partial charge in [0, 0.05) is 0 Å². The van der Waals surface area contributed by atoms with Gasteiger partial charge in [0.25, 0.3) is 0 Å². The third-order valence-electron chi connectivity index (χ3n) is 1.26. The van der Waals surface area contributed by atoms with Crippen LogP contribution in [0.1, 0.15) is 0 Å². The van der Waals surface area contributed by atoms with E-state index in [2.05, 4.69) is 0 Å². The van der Waals surface area contributed by atoms with Crippen molar-refractivity contribution < 1.29 is 13.5 Å². The molecule has 0 fully saturated rings. The van der Waals surface area contributed by atoms with Crippen molar-refractivity contribution in [3.8, 4) is 5.75 Å². The van der Waals surface area contributed by atoms with E-state index in [0.29, 0.717) is 10.6 Å². The molecule has 0 heterocycles. The number of rotatable bonds is 2. The molecule has 1 aromatic rings. The summed E-state index contributed by atoms with van der Waals surface area (Å²) in [6.07, 6.45) is 0. The Morgan fingerprint density at radius 3 is 2.42 bits per heavy atom. The van der Waals surface area contributed by atoms with Gasteiger partial charge in [0.15, 0.2) is 11.1 Å². The van der Waals surface area contributed by atoms with Crippen LogP contribution < -0.4 is 4.74 Å². The van der Waals surface area contributed by atoms with E-state index in [-0.39, 0.29) is 29.6 Å². The molecule has 0 spiro atoms. The van der Waals surface area contributed by atoms with Gasteiger partial charge < -0.3 is 9.29 Å². The number of ether oxygens (including phenoxy) is 1. The van der Waals surface area contributed by atoms with Crippen LogP contribution in [0, 0.1) is 0 Å². The molecule has 1 aromatic carbocycles. The zero-order valence-corrected chi connectivity index (χ0v) is 6.80. The van der Waals surface area contributed by atoms with Gasteiger partial charge in [-0.15, -0.1) is 0 Å². The molecule has 0 radical (unpaired) electrons. The summed E-state index contributed by atoms with van der Waals surface area (Å²) >= 11 is -1.97. The van der Waals surface area contributed by atoms with Crippen molar-refractivity contribution in [2.24, 2.45) is 0 Å². The fourth-order valence-corrected chi connectivity index (χ4v) is 1.28. The van der Waals surface area contributed by atoms with Gasteiger partial charge in [-0.3, -0.25) is 0 Å². The van der Waals surface area contributed by atoms with Crippen molar-refractivity contribution in [3.05, 3.63) is 24.3 Å². The van der Waals surface area contributed by atoms with Gasteiger partial charge >= 0.3 is 29.6 Å². The Balaban J connectivity index is 0.00000121. The third kappa shape index (κ3) is 2.88. The van der Waals surface area contributed by atoms with Crippen molar-refractivity contribution in [1.82, 2.24) is 0 Å². The van der Waals surface area contributed by atoms with Gasteiger partial charge in [-0.2, -0.15) is 0 Å². The average molecular weight is 196 g/mol. The molecular formula is C7H9NaO3S. The first-order chi connectivity index (χ1) is 5.25. The summed E-state index contributed by atoms with van der Waals surface area (Å²) in [7, 11) is 1.46. The molecule has 0 aromatic heterocycles. The predicted molar refractivity (Wildman–Crippen MR) is 49.2 cm³/mol. The van der Waals surface area contributed by atoms with E-state index in [0.717, 1.165) is 0 Å². The summed E-state index contributed by atoms with van der Waals surface area (Å²) < 4.78 is 24.2. The molecule has 0 aliphatic heterocycles. The minimum absolute atomic E-state index is 0.